The molecule has 0 N–H and O–H groups in total. The van der Waals surface area contributed by atoms with Gasteiger partial charge in [0.15, 0.2) is 0 Å². The first-order chi connectivity index (χ1) is 10.5. The van der Waals surface area contributed by atoms with Gasteiger partial charge in [0.25, 0.3) is 0 Å². The van der Waals surface area contributed by atoms with Crippen LogP contribution in [0.4, 0.5) is 0 Å². The fourth-order valence-electron chi connectivity index (χ4n) is 5.80. The molecule has 122 valence electrons. The zero-order valence-electron chi connectivity index (χ0n) is 14.4. The van der Waals surface area contributed by atoms with Crippen molar-refractivity contribution in [2.75, 3.05) is 0 Å². The van der Waals surface area contributed by atoms with Crippen LogP contribution in [0.1, 0.15) is 47.0 Å². The maximum Gasteiger partial charge on any atom is 0.0202 e. The maximum atomic E-state index is 2.61. The molecule has 22 heavy (non-hydrogen) atoms. The molecule has 2 saturated carbocycles. The molecule has 0 aromatic rings. The number of allylic oxidation sites excluding steroid dienone is 2. The lowest BCUT2D eigenvalue weighted by Crippen LogP contribution is -2.40. The van der Waals surface area contributed by atoms with Gasteiger partial charge in [-0.3, -0.25) is 0 Å². The van der Waals surface area contributed by atoms with Crippen LogP contribution >= 0.6 is 23.5 Å². The van der Waals surface area contributed by atoms with Crippen LogP contribution in [0.5, 0.6) is 0 Å². The molecule has 0 amide bonds. The Morgan fingerprint density at radius 2 is 1.55 bits per heavy atom. The number of hydrogen-bond acceptors (Lipinski definition) is 2. The third-order valence-corrected chi connectivity index (χ3v) is 9.78. The predicted octanol–water partition coefficient (Wildman–Crippen LogP) is 6.21. The molecular weight excluding hydrogens is 304 g/mol. The van der Waals surface area contributed by atoms with Crippen molar-refractivity contribution in [2.45, 2.75) is 57.5 Å². The number of rotatable bonds is 3. The van der Waals surface area contributed by atoms with Crippen LogP contribution in [-0.2, 0) is 0 Å². The van der Waals surface area contributed by atoms with E-state index in [9.17, 15) is 0 Å². The summed E-state index contributed by atoms with van der Waals surface area (Å²) in [4.78, 5) is 0. The van der Waals surface area contributed by atoms with E-state index in [0.717, 1.165) is 46.0 Å². The van der Waals surface area contributed by atoms with E-state index in [2.05, 4.69) is 74.2 Å². The summed E-state index contributed by atoms with van der Waals surface area (Å²) in [5, 5.41) is 6.50. The second kappa shape index (κ2) is 5.62. The topological polar surface area (TPSA) is 0 Å². The Labute approximate surface area is 145 Å². The van der Waals surface area contributed by atoms with Crippen LogP contribution in [0.15, 0.2) is 23.0 Å². The highest BCUT2D eigenvalue weighted by molar-refractivity contribution is 8.04. The Bertz CT molecular complexity index is 464. The van der Waals surface area contributed by atoms with E-state index < -0.39 is 0 Å². The summed E-state index contributed by atoms with van der Waals surface area (Å²) in [5.41, 5.74) is 0.490. The molecule has 2 heteroatoms. The molecule has 0 radical (unpaired) electrons. The van der Waals surface area contributed by atoms with E-state index in [4.69, 9.17) is 0 Å². The minimum absolute atomic E-state index is 0.490. The zero-order chi connectivity index (χ0) is 15.5. The fraction of sp³-hybridized carbons (Fsp3) is 0.800. The van der Waals surface area contributed by atoms with Crippen LogP contribution in [0.2, 0.25) is 0 Å². The minimum atomic E-state index is 0.490. The molecule has 0 aromatic heterocycles. The summed E-state index contributed by atoms with van der Waals surface area (Å²) in [5.74, 6) is 5.28. The van der Waals surface area contributed by atoms with Gasteiger partial charge in [-0.05, 0) is 71.0 Å². The SMILES string of the molecule is CC(C)C1CCC(C(C)(C)C2C3SC=CC3C3C=CSC32)C1. The van der Waals surface area contributed by atoms with E-state index in [-0.39, 0.29) is 0 Å². The summed E-state index contributed by atoms with van der Waals surface area (Å²) < 4.78 is 0. The molecule has 6 unspecified atom stereocenters. The van der Waals surface area contributed by atoms with E-state index in [0.29, 0.717) is 5.41 Å². The van der Waals surface area contributed by atoms with Crippen molar-refractivity contribution in [3.8, 4) is 0 Å². The van der Waals surface area contributed by atoms with Crippen molar-refractivity contribution >= 4 is 23.5 Å². The predicted molar refractivity (Wildman–Crippen MR) is 101 cm³/mol. The lowest BCUT2D eigenvalue weighted by atomic mass is 9.66. The Balaban J connectivity index is 1.58. The van der Waals surface area contributed by atoms with Gasteiger partial charge in [-0.1, -0.05) is 39.8 Å². The standard InChI is InChI=1S/C20H30S2/c1-12(2)13-5-6-14(11-13)20(3,4)17-18-15(7-9-21-18)16-8-10-22-19(16)17/h7-10,12-19H,5-6,11H2,1-4H3. The minimum Gasteiger partial charge on any atom is -0.130 e. The molecule has 0 spiro atoms. The highest BCUT2D eigenvalue weighted by Gasteiger charge is 2.58. The Hall–Kier alpha value is 0.180. The average molecular weight is 335 g/mol. The van der Waals surface area contributed by atoms with Crippen molar-refractivity contribution in [3.63, 3.8) is 0 Å². The van der Waals surface area contributed by atoms with Gasteiger partial charge in [-0.25, -0.2) is 0 Å². The van der Waals surface area contributed by atoms with Gasteiger partial charge in [-0.2, -0.15) is 0 Å². The van der Waals surface area contributed by atoms with Crippen LogP contribution in [0.25, 0.3) is 0 Å². The molecule has 6 atom stereocenters. The summed E-state index contributed by atoms with van der Waals surface area (Å²) in [6.07, 6.45) is 9.45. The number of thioether (sulfide) groups is 2. The fourth-order valence-corrected chi connectivity index (χ4v) is 9.09. The Kier molecular flexibility index (Phi) is 4.01. The first-order valence-electron chi connectivity index (χ1n) is 9.14. The third-order valence-electron chi connectivity index (χ3n) is 7.31. The lowest BCUT2D eigenvalue weighted by Gasteiger charge is -2.43. The molecule has 2 fully saturated rings. The Morgan fingerprint density at radius 3 is 2.05 bits per heavy atom. The second-order valence-corrected chi connectivity index (χ2v) is 11.1. The number of fused-ring (bicyclic) bond motifs is 3. The van der Waals surface area contributed by atoms with Crippen molar-refractivity contribution in [1.82, 2.24) is 0 Å². The van der Waals surface area contributed by atoms with E-state index in [1.54, 1.807) is 0 Å². The Morgan fingerprint density at radius 1 is 0.955 bits per heavy atom. The van der Waals surface area contributed by atoms with E-state index >= 15 is 0 Å². The van der Waals surface area contributed by atoms with Gasteiger partial charge in [0, 0.05) is 10.5 Å². The highest BCUT2D eigenvalue weighted by Crippen LogP contribution is 2.63. The first kappa shape index (κ1) is 15.7. The average Bonchev–Trinajstić information content (AvgIpc) is 3.20. The molecule has 2 heterocycles. The van der Waals surface area contributed by atoms with E-state index in [1.807, 2.05) is 0 Å². The molecule has 0 bridgehead atoms. The smallest absolute Gasteiger partial charge is 0.0202 e. The second-order valence-electron chi connectivity index (χ2n) is 8.87. The molecule has 4 rings (SSSR count). The van der Waals surface area contributed by atoms with Crippen molar-refractivity contribution in [2.24, 2.45) is 40.9 Å². The van der Waals surface area contributed by atoms with Crippen LogP contribution in [0, 0.1) is 40.9 Å². The molecule has 0 saturated heterocycles. The maximum absolute atomic E-state index is 2.61. The first-order valence-corrected chi connectivity index (χ1v) is 11.0. The van der Waals surface area contributed by atoms with Crippen molar-refractivity contribution in [3.05, 3.63) is 23.0 Å². The number of hydrogen-bond donors (Lipinski definition) is 0. The van der Waals surface area contributed by atoms with Gasteiger partial charge < -0.3 is 0 Å². The molecule has 2 aliphatic carbocycles. The van der Waals surface area contributed by atoms with Crippen LogP contribution in [-0.4, -0.2) is 10.5 Å². The lowest BCUT2D eigenvalue weighted by molar-refractivity contribution is 0.119. The molecule has 4 aliphatic rings. The summed E-state index contributed by atoms with van der Waals surface area (Å²) >= 11 is 4.29. The molecule has 0 aromatic carbocycles. The highest BCUT2D eigenvalue weighted by atomic mass is 32.2. The van der Waals surface area contributed by atoms with Gasteiger partial charge in [0.1, 0.15) is 0 Å². The van der Waals surface area contributed by atoms with Gasteiger partial charge in [-0.15, -0.1) is 23.5 Å². The normalized spacial score (nSPS) is 46.7. The molecule has 2 aliphatic heterocycles. The van der Waals surface area contributed by atoms with Gasteiger partial charge in [0.2, 0.25) is 0 Å². The largest absolute Gasteiger partial charge is 0.130 e. The monoisotopic (exact) mass is 334 g/mol. The molecular formula is C20H30S2. The van der Waals surface area contributed by atoms with Crippen molar-refractivity contribution in [1.29, 1.82) is 0 Å². The summed E-state index contributed by atoms with van der Waals surface area (Å²) in [7, 11) is 0. The molecule has 0 nitrogen and oxygen atoms in total. The van der Waals surface area contributed by atoms with Gasteiger partial charge in [0.05, 0.1) is 0 Å². The summed E-state index contributed by atoms with van der Waals surface area (Å²) in [6, 6.07) is 0. The van der Waals surface area contributed by atoms with Crippen LogP contribution < -0.4 is 0 Å². The van der Waals surface area contributed by atoms with Gasteiger partial charge >= 0.3 is 0 Å². The van der Waals surface area contributed by atoms with Crippen molar-refractivity contribution < 1.29 is 0 Å². The summed E-state index contributed by atoms with van der Waals surface area (Å²) in [6.45, 7) is 10.1. The zero-order valence-corrected chi connectivity index (χ0v) is 16.0. The quantitative estimate of drug-likeness (QED) is 0.602. The van der Waals surface area contributed by atoms with Crippen LogP contribution in [0.3, 0.4) is 0 Å². The van der Waals surface area contributed by atoms with E-state index in [1.165, 1.54) is 19.3 Å². The third kappa shape index (κ3) is 2.27.